The van der Waals surface area contributed by atoms with Gasteiger partial charge in [-0.2, -0.15) is 0 Å². The van der Waals surface area contributed by atoms with Crippen molar-refractivity contribution in [2.24, 2.45) is 0 Å². The van der Waals surface area contributed by atoms with Crippen LogP contribution in [-0.4, -0.2) is 14.2 Å². The molecule has 0 aliphatic rings. The maximum absolute atomic E-state index is 6.21. The lowest BCUT2D eigenvalue weighted by molar-refractivity contribution is 0.371. The molecule has 0 spiro atoms. The van der Waals surface area contributed by atoms with Gasteiger partial charge in [-0.1, -0.05) is 85.8 Å². The first-order chi connectivity index (χ1) is 20.0. The Hall–Kier alpha value is -4.61. The Balaban J connectivity index is 0.000000306. The molecule has 6 N–H and O–H groups in total. The molecule has 0 aliphatic heterocycles. The van der Waals surface area contributed by atoms with Gasteiger partial charge >= 0.3 is 0 Å². The molecule has 0 aromatic heterocycles. The van der Waals surface area contributed by atoms with Crippen LogP contribution in [0.1, 0.15) is 34.7 Å². The van der Waals surface area contributed by atoms with Gasteiger partial charge in [0.2, 0.25) is 0 Å². The van der Waals surface area contributed by atoms with Crippen molar-refractivity contribution in [2.45, 2.75) is 27.2 Å². The van der Waals surface area contributed by atoms with Crippen LogP contribution in [0, 0.1) is 13.8 Å². The van der Waals surface area contributed by atoms with Gasteiger partial charge < -0.3 is 26.7 Å². The van der Waals surface area contributed by atoms with E-state index in [2.05, 4.69) is 51.4 Å². The fraction of sp³-hybridized carbons (Fsp3) is 0.167. The lowest BCUT2D eigenvalue weighted by atomic mass is 10.0. The summed E-state index contributed by atoms with van der Waals surface area (Å²) in [5.74, 6) is 1.15. The van der Waals surface area contributed by atoms with Gasteiger partial charge in [0.05, 0.1) is 19.2 Å². The monoisotopic (exact) mass is 585 g/mol. The van der Waals surface area contributed by atoms with Gasteiger partial charge in [-0.05, 0) is 72.9 Å². The van der Waals surface area contributed by atoms with E-state index in [0.717, 1.165) is 39.4 Å². The first-order valence-electron chi connectivity index (χ1n) is 13.3. The Morgan fingerprint density at radius 2 is 1.24 bits per heavy atom. The molecule has 0 bridgehead atoms. The van der Waals surface area contributed by atoms with E-state index < -0.39 is 0 Å². The Morgan fingerprint density at radius 1 is 0.714 bits per heavy atom. The van der Waals surface area contributed by atoms with E-state index in [0.29, 0.717) is 22.9 Å². The van der Waals surface area contributed by atoms with Gasteiger partial charge in [0.1, 0.15) is 11.5 Å². The average Bonchev–Trinajstić information content (AvgIpc) is 3.01. The number of aryl methyl sites for hydroxylation is 3. The zero-order valence-electron chi connectivity index (χ0n) is 25.5. The Bertz CT molecular complexity index is 1450. The third-order valence-corrected chi connectivity index (χ3v) is 6.64. The molecule has 0 atom stereocenters. The first kappa shape index (κ1) is 35.4. The highest BCUT2D eigenvalue weighted by molar-refractivity contribution is 6.33. The Morgan fingerprint density at radius 3 is 1.76 bits per heavy atom. The smallest absolute Gasteiger partial charge is 0.121 e. The minimum absolute atomic E-state index is 0.535. The van der Waals surface area contributed by atoms with Crippen molar-refractivity contribution in [1.82, 2.24) is 0 Å². The van der Waals surface area contributed by atoms with E-state index in [4.69, 9.17) is 38.3 Å². The summed E-state index contributed by atoms with van der Waals surface area (Å²) in [6, 6.07) is 25.8. The molecule has 6 heteroatoms. The zero-order valence-corrected chi connectivity index (χ0v) is 26.2. The van der Waals surface area contributed by atoms with Crippen molar-refractivity contribution >= 4 is 40.2 Å². The van der Waals surface area contributed by atoms with E-state index in [1.807, 2.05) is 68.4 Å². The largest absolute Gasteiger partial charge is 0.497 e. The van der Waals surface area contributed by atoms with E-state index in [1.165, 1.54) is 16.7 Å². The molecule has 0 aliphatic carbocycles. The number of anilines is 3. The van der Waals surface area contributed by atoms with Gasteiger partial charge in [0.25, 0.3) is 0 Å². The number of hydrogen-bond donors (Lipinski definition) is 3. The van der Waals surface area contributed by atoms with Gasteiger partial charge in [-0.3, -0.25) is 0 Å². The van der Waals surface area contributed by atoms with Gasteiger partial charge in [-0.15, -0.1) is 13.2 Å². The summed E-state index contributed by atoms with van der Waals surface area (Å²) in [7, 11) is 3.16. The summed E-state index contributed by atoms with van der Waals surface area (Å²) >= 11 is 6.21. The normalized spacial score (nSPS) is 9.48. The second-order valence-electron chi connectivity index (χ2n) is 9.18. The molecular formula is C36H44ClN3O2. The second kappa shape index (κ2) is 17.9. The van der Waals surface area contributed by atoms with Crippen LogP contribution in [0.15, 0.2) is 105 Å². The lowest BCUT2D eigenvalue weighted by Crippen LogP contribution is -1.99. The Kier molecular flexibility index (Phi) is 15.1. The minimum atomic E-state index is 0.535. The highest BCUT2D eigenvalue weighted by Crippen LogP contribution is 2.29. The highest BCUT2D eigenvalue weighted by Gasteiger charge is 2.09. The summed E-state index contributed by atoms with van der Waals surface area (Å²) in [4.78, 5) is 0. The zero-order chi connectivity index (χ0) is 31.8. The van der Waals surface area contributed by atoms with E-state index in [1.54, 1.807) is 20.3 Å². The summed E-state index contributed by atoms with van der Waals surface area (Å²) < 4.78 is 10.1. The topological polar surface area (TPSA) is 96.5 Å². The van der Waals surface area contributed by atoms with Crippen LogP contribution in [0.4, 0.5) is 17.1 Å². The number of nitrogens with two attached hydrogens (primary N) is 3. The predicted octanol–water partition coefficient (Wildman–Crippen LogP) is 9.34. The number of halogens is 1. The number of nitrogen functional groups attached to an aromatic ring is 3. The van der Waals surface area contributed by atoms with E-state index >= 15 is 0 Å². The quantitative estimate of drug-likeness (QED) is 0.119. The van der Waals surface area contributed by atoms with E-state index in [9.17, 15) is 0 Å². The van der Waals surface area contributed by atoms with Crippen molar-refractivity contribution in [2.75, 3.05) is 31.4 Å². The molecule has 4 aromatic carbocycles. The van der Waals surface area contributed by atoms with Crippen molar-refractivity contribution in [3.05, 3.63) is 138 Å². The molecule has 4 rings (SSSR count). The van der Waals surface area contributed by atoms with Crippen molar-refractivity contribution < 1.29 is 9.47 Å². The highest BCUT2D eigenvalue weighted by atomic mass is 35.5. The lowest BCUT2D eigenvalue weighted by Gasteiger charge is -2.11. The maximum atomic E-state index is 6.21. The number of ether oxygens (including phenoxy) is 2. The third-order valence-electron chi connectivity index (χ3n) is 6.19. The number of hydrogen-bond acceptors (Lipinski definition) is 5. The van der Waals surface area contributed by atoms with Crippen LogP contribution in [0.25, 0.3) is 22.6 Å². The molecule has 0 heterocycles. The van der Waals surface area contributed by atoms with Crippen LogP contribution in [0.5, 0.6) is 0 Å². The Labute approximate surface area is 256 Å². The molecular weight excluding hydrogens is 542 g/mol. The standard InChI is InChI=1S/C12H15ClO.C12H11N.C10H14N2O.C2H4/c1-5-10-6-8(2)7-11(12(10)13)9(3)14-4;13-12-8-6-11(7-9-12)10-4-2-1-3-5-10;1-6-4-8(11)5-9(10(6)12)7(2)13-3;1-2/h6-7H,3,5H2,1-2,4H3;1-9H,13H2;4-5H,2,11-12H2,1,3H3;1-2H2. The molecule has 222 valence electrons. The van der Waals surface area contributed by atoms with Crippen molar-refractivity contribution in [1.29, 1.82) is 0 Å². The summed E-state index contributed by atoms with van der Waals surface area (Å²) in [6.07, 6.45) is 0.921. The van der Waals surface area contributed by atoms with Crippen molar-refractivity contribution in [3.8, 4) is 11.1 Å². The molecule has 0 fully saturated rings. The van der Waals surface area contributed by atoms with Crippen LogP contribution in [0.3, 0.4) is 0 Å². The van der Waals surface area contributed by atoms with Gasteiger partial charge in [-0.25, -0.2) is 0 Å². The number of rotatable bonds is 6. The molecule has 42 heavy (non-hydrogen) atoms. The second-order valence-corrected chi connectivity index (χ2v) is 9.56. The third kappa shape index (κ3) is 10.4. The molecule has 4 aromatic rings. The molecule has 0 saturated carbocycles. The van der Waals surface area contributed by atoms with Crippen LogP contribution < -0.4 is 17.2 Å². The molecule has 5 nitrogen and oxygen atoms in total. The summed E-state index contributed by atoms with van der Waals surface area (Å²) in [5.41, 5.74) is 26.6. The SMILES string of the molecule is C=C.C=C(OC)c1cc(C)cc(CC)c1Cl.C=C(OC)c1cc(N)cc(C)c1N.Nc1ccc(-c2ccccc2)cc1. The van der Waals surface area contributed by atoms with Gasteiger partial charge in [0, 0.05) is 28.2 Å². The number of methoxy groups -OCH3 is 2. The fourth-order valence-corrected chi connectivity index (χ4v) is 4.24. The minimum Gasteiger partial charge on any atom is -0.497 e. The molecule has 0 saturated heterocycles. The maximum Gasteiger partial charge on any atom is 0.121 e. The van der Waals surface area contributed by atoms with Crippen LogP contribution in [0.2, 0.25) is 5.02 Å². The first-order valence-corrected chi connectivity index (χ1v) is 13.7. The van der Waals surface area contributed by atoms with Crippen molar-refractivity contribution in [3.63, 3.8) is 0 Å². The van der Waals surface area contributed by atoms with Gasteiger partial charge in [0.15, 0.2) is 0 Å². The number of benzene rings is 4. The van der Waals surface area contributed by atoms with Crippen LogP contribution >= 0.6 is 11.6 Å². The van der Waals surface area contributed by atoms with E-state index in [-0.39, 0.29) is 0 Å². The molecule has 0 amide bonds. The summed E-state index contributed by atoms with van der Waals surface area (Å²) in [5, 5.41) is 0.755. The predicted molar refractivity (Wildman–Crippen MR) is 185 cm³/mol. The average molecular weight is 586 g/mol. The summed E-state index contributed by atoms with van der Waals surface area (Å²) in [6.45, 7) is 19.6. The molecule has 0 unspecified atom stereocenters. The molecule has 0 radical (unpaired) electrons. The van der Waals surface area contributed by atoms with Crippen LogP contribution in [-0.2, 0) is 15.9 Å². The fourth-order valence-electron chi connectivity index (χ4n) is 3.89.